The quantitative estimate of drug-likeness (QED) is 0.593. The van der Waals surface area contributed by atoms with Crippen LogP contribution in [0.2, 0.25) is 0 Å². The van der Waals surface area contributed by atoms with Gasteiger partial charge in [0.2, 0.25) is 0 Å². The van der Waals surface area contributed by atoms with Gasteiger partial charge < -0.3 is 14.5 Å². The number of alkyl carbamates (subject to hydrolysis) is 1. The highest BCUT2D eigenvalue weighted by Crippen LogP contribution is 2.43. The van der Waals surface area contributed by atoms with Crippen LogP contribution in [0.4, 0.5) is 22.4 Å². The lowest BCUT2D eigenvalue weighted by Crippen LogP contribution is -2.62. The number of nitrogens with one attached hydrogen (secondary N) is 2. The van der Waals surface area contributed by atoms with Crippen LogP contribution in [0.5, 0.6) is 0 Å². The number of esters is 1. The van der Waals surface area contributed by atoms with Gasteiger partial charge in [0.15, 0.2) is 0 Å². The zero-order valence-corrected chi connectivity index (χ0v) is 15.7. The summed E-state index contributed by atoms with van der Waals surface area (Å²) in [7, 11) is 0. The number of benzene rings is 1. The largest absolute Gasteiger partial charge is 0.464 e. The first-order valence-electron chi connectivity index (χ1n) is 8.34. The first kappa shape index (κ1) is 21.5. The average molecular weight is 404 g/mol. The second kappa shape index (κ2) is 7.33. The third-order valence-electron chi connectivity index (χ3n) is 3.74. The highest BCUT2D eigenvalue weighted by molar-refractivity contribution is 5.95. The van der Waals surface area contributed by atoms with Crippen molar-refractivity contribution in [3.8, 4) is 0 Å². The Hall–Kier alpha value is -2.78. The second-order valence-corrected chi connectivity index (χ2v) is 6.99. The third-order valence-corrected chi connectivity index (χ3v) is 3.74. The lowest BCUT2D eigenvalue weighted by Gasteiger charge is -2.34. The molecule has 0 fully saturated rings. The van der Waals surface area contributed by atoms with E-state index in [1.807, 2.05) is 0 Å². The van der Waals surface area contributed by atoms with Crippen molar-refractivity contribution in [3.63, 3.8) is 0 Å². The van der Waals surface area contributed by atoms with Crippen LogP contribution in [0.15, 0.2) is 24.4 Å². The molecule has 2 aromatic rings. The van der Waals surface area contributed by atoms with E-state index in [2.05, 4.69) is 9.72 Å². The van der Waals surface area contributed by atoms with Crippen molar-refractivity contribution in [1.82, 2.24) is 10.3 Å². The van der Waals surface area contributed by atoms with Crippen molar-refractivity contribution in [2.75, 3.05) is 6.61 Å². The summed E-state index contributed by atoms with van der Waals surface area (Å²) in [5, 5.41) is 1.39. The number of hydrogen-bond donors (Lipinski definition) is 2. The Morgan fingerprint density at radius 2 is 1.82 bits per heavy atom. The number of aromatic amines is 1. The molecule has 154 valence electrons. The number of ether oxygens (including phenoxy) is 2. The molecular weight excluding hydrogens is 384 g/mol. The van der Waals surface area contributed by atoms with E-state index < -0.39 is 40.8 Å². The molecule has 1 aromatic heterocycles. The maximum absolute atomic E-state index is 14.3. The van der Waals surface area contributed by atoms with Crippen LogP contribution in [-0.4, -0.2) is 35.4 Å². The van der Waals surface area contributed by atoms with Crippen LogP contribution in [-0.2, 0) is 19.8 Å². The monoisotopic (exact) mass is 404 g/mol. The molecular formula is C18H20F4N2O4. The van der Waals surface area contributed by atoms with Gasteiger partial charge in [0, 0.05) is 22.7 Å². The molecule has 0 aliphatic rings. The molecule has 6 nitrogen and oxygen atoms in total. The van der Waals surface area contributed by atoms with Crippen molar-refractivity contribution >= 4 is 23.0 Å². The molecule has 0 aliphatic heterocycles. The molecule has 0 unspecified atom stereocenters. The number of hydrogen-bond acceptors (Lipinski definition) is 4. The predicted molar refractivity (Wildman–Crippen MR) is 92.0 cm³/mol. The van der Waals surface area contributed by atoms with E-state index >= 15 is 0 Å². The number of H-pyrrole nitrogens is 1. The van der Waals surface area contributed by atoms with E-state index in [0.717, 1.165) is 18.3 Å². The van der Waals surface area contributed by atoms with E-state index in [1.54, 1.807) is 5.32 Å². The molecule has 1 amide bonds. The van der Waals surface area contributed by atoms with E-state index in [0.29, 0.717) is 0 Å². The number of rotatable bonds is 4. The van der Waals surface area contributed by atoms with Crippen molar-refractivity contribution in [3.05, 3.63) is 35.8 Å². The Balaban J connectivity index is 2.73. The number of carbonyl (C=O) groups excluding carboxylic acids is 2. The Morgan fingerprint density at radius 3 is 2.36 bits per heavy atom. The first-order valence-corrected chi connectivity index (χ1v) is 8.34. The summed E-state index contributed by atoms with van der Waals surface area (Å²) >= 11 is 0. The highest BCUT2D eigenvalue weighted by Gasteiger charge is 2.65. The topological polar surface area (TPSA) is 80.4 Å². The first-order chi connectivity index (χ1) is 12.8. The van der Waals surface area contributed by atoms with Crippen LogP contribution < -0.4 is 5.32 Å². The number of halogens is 4. The summed E-state index contributed by atoms with van der Waals surface area (Å²) in [5.41, 5.74) is -5.29. The maximum Gasteiger partial charge on any atom is 0.427 e. The van der Waals surface area contributed by atoms with Gasteiger partial charge in [-0.25, -0.2) is 14.0 Å². The van der Waals surface area contributed by atoms with E-state index in [-0.39, 0.29) is 17.5 Å². The van der Waals surface area contributed by atoms with E-state index in [1.165, 1.54) is 33.8 Å². The minimum absolute atomic E-state index is 0.139. The molecule has 1 heterocycles. The van der Waals surface area contributed by atoms with Gasteiger partial charge >= 0.3 is 18.2 Å². The molecule has 0 spiro atoms. The lowest BCUT2D eigenvalue weighted by molar-refractivity contribution is -0.215. The van der Waals surface area contributed by atoms with Crippen molar-refractivity contribution in [1.29, 1.82) is 0 Å². The van der Waals surface area contributed by atoms with E-state index in [4.69, 9.17) is 4.74 Å². The molecule has 1 atom stereocenters. The summed E-state index contributed by atoms with van der Waals surface area (Å²) in [5.74, 6) is -2.58. The summed E-state index contributed by atoms with van der Waals surface area (Å²) in [6.07, 6.45) is -5.92. The van der Waals surface area contributed by atoms with Crippen LogP contribution in [0, 0.1) is 5.82 Å². The van der Waals surface area contributed by atoms with Crippen molar-refractivity contribution in [2.45, 2.75) is 45.0 Å². The molecule has 0 bridgehead atoms. The summed E-state index contributed by atoms with van der Waals surface area (Å²) in [6, 6.07) is 3.09. The average Bonchev–Trinajstić information content (AvgIpc) is 2.93. The van der Waals surface area contributed by atoms with Gasteiger partial charge in [-0.05, 0) is 45.9 Å². The van der Waals surface area contributed by atoms with Crippen LogP contribution in [0.25, 0.3) is 10.9 Å². The number of carbonyl (C=O) groups is 2. The summed E-state index contributed by atoms with van der Waals surface area (Å²) in [4.78, 5) is 27.3. The highest BCUT2D eigenvalue weighted by atomic mass is 19.4. The third kappa shape index (κ3) is 4.05. The lowest BCUT2D eigenvalue weighted by atomic mass is 9.88. The zero-order valence-electron chi connectivity index (χ0n) is 15.7. The van der Waals surface area contributed by atoms with Gasteiger partial charge in [-0.1, -0.05) is 0 Å². The van der Waals surface area contributed by atoms with Gasteiger partial charge in [-0.2, -0.15) is 13.2 Å². The summed E-state index contributed by atoms with van der Waals surface area (Å²) in [6.45, 7) is 5.30. The van der Waals surface area contributed by atoms with Crippen LogP contribution in [0.3, 0.4) is 0 Å². The molecule has 28 heavy (non-hydrogen) atoms. The number of alkyl halides is 3. The molecule has 10 heteroatoms. The fourth-order valence-electron chi connectivity index (χ4n) is 2.67. The predicted octanol–water partition coefficient (Wildman–Crippen LogP) is 4.15. The van der Waals surface area contributed by atoms with Gasteiger partial charge in [-0.3, -0.25) is 5.32 Å². The SMILES string of the molecule is CCOC(=O)[C@](NC(=O)OC(C)(C)C)(c1c[nH]c2ccc(F)cc12)C(F)(F)F. The van der Waals surface area contributed by atoms with Crippen LogP contribution >= 0.6 is 0 Å². The van der Waals surface area contributed by atoms with Gasteiger partial charge in [0.25, 0.3) is 5.54 Å². The molecule has 0 saturated carbocycles. The van der Waals surface area contributed by atoms with Gasteiger partial charge in [0.1, 0.15) is 11.4 Å². The zero-order chi connectivity index (χ0) is 21.3. The normalized spacial score (nSPS) is 14.4. The molecule has 0 saturated heterocycles. The fraction of sp³-hybridized carbons (Fsp3) is 0.444. The number of aromatic nitrogens is 1. The number of amides is 1. The smallest absolute Gasteiger partial charge is 0.427 e. The standard InChI is InChI=1S/C18H20F4N2O4/c1-5-27-14(25)17(18(20,21)22,24-15(26)28-16(2,3)4)12-9-23-13-7-6-10(19)8-11(12)13/h6-9,23H,5H2,1-4H3,(H,24,26)/t17-/m1/s1. The fourth-order valence-corrected chi connectivity index (χ4v) is 2.67. The molecule has 1 aromatic carbocycles. The van der Waals surface area contributed by atoms with Gasteiger partial charge in [-0.15, -0.1) is 0 Å². The molecule has 2 rings (SSSR count). The molecule has 0 aliphatic carbocycles. The molecule has 0 radical (unpaired) electrons. The Labute approximate surface area is 158 Å². The Morgan fingerprint density at radius 1 is 1.18 bits per heavy atom. The minimum Gasteiger partial charge on any atom is -0.464 e. The Kier molecular flexibility index (Phi) is 5.63. The second-order valence-electron chi connectivity index (χ2n) is 6.99. The van der Waals surface area contributed by atoms with Crippen LogP contribution in [0.1, 0.15) is 33.3 Å². The molecule has 2 N–H and O–H groups in total. The van der Waals surface area contributed by atoms with Crippen molar-refractivity contribution in [2.24, 2.45) is 0 Å². The summed E-state index contributed by atoms with van der Waals surface area (Å²) < 4.78 is 66.0. The van der Waals surface area contributed by atoms with Crippen molar-refractivity contribution < 1.29 is 36.6 Å². The number of fused-ring (bicyclic) bond motifs is 1. The van der Waals surface area contributed by atoms with E-state index in [9.17, 15) is 27.2 Å². The Bertz CT molecular complexity index is 886. The minimum atomic E-state index is -5.32. The maximum atomic E-state index is 14.3. The van der Waals surface area contributed by atoms with Gasteiger partial charge in [0.05, 0.1) is 6.61 Å².